The van der Waals surface area contributed by atoms with Gasteiger partial charge in [0, 0.05) is 18.7 Å². The highest BCUT2D eigenvalue weighted by Gasteiger charge is 2.31. The van der Waals surface area contributed by atoms with Gasteiger partial charge in [-0.3, -0.25) is 0 Å². The van der Waals surface area contributed by atoms with E-state index in [1.54, 1.807) is 19.1 Å². The predicted molar refractivity (Wildman–Crippen MR) is 54.8 cm³/mol. The second-order valence-electron chi connectivity index (χ2n) is 3.55. The molecule has 2 nitrogen and oxygen atoms in total. The van der Waals surface area contributed by atoms with Crippen LogP contribution in [-0.4, -0.2) is 13.7 Å². The van der Waals surface area contributed by atoms with Crippen molar-refractivity contribution >= 4 is 0 Å². The quantitative estimate of drug-likeness (QED) is 0.837. The molecular formula is C11H15F2NO. The number of methoxy groups -OCH3 is 1. The van der Waals surface area contributed by atoms with Gasteiger partial charge in [-0.15, -0.1) is 0 Å². The molecule has 1 aromatic rings. The number of hydrogen-bond donors (Lipinski definition) is 1. The molecule has 15 heavy (non-hydrogen) atoms. The van der Waals surface area contributed by atoms with Gasteiger partial charge in [-0.05, 0) is 18.6 Å². The Hall–Kier alpha value is -1.00. The largest absolute Gasteiger partial charge is 0.378 e. The highest BCUT2D eigenvalue weighted by Crippen LogP contribution is 2.29. The molecule has 0 aliphatic heterocycles. The standard InChI is InChI=1S/C11H15F2NO/c1-8(14)9-4-3-5-10(6-9)11(12,13)7-15-2/h3-6,8H,7,14H2,1-2H3/t8-/m1/s1. The highest BCUT2D eigenvalue weighted by atomic mass is 19.3. The lowest BCUT2D eigenvalue weighted by atomic mass is 10.0. The number of rotatable bonds is 4. The van der Waals surface area contributed by atoms with Crippen LogP contribution in [0.3, 0.4) is 0 Å². The van der Waals surface area contributed by atoms with E-state index in [1.165, 1.54) is 19.2 Å². The van der Waals surface area contributed by atoms with E-state index in [0.29, 0.717) is 5.56 Å². The van der Waals surface area contributed by atoms with Crippen LogP contribution in [0.5, 0.6) is 0 Å². The van der Waals surface area contributed by atoms with E-state index in [-0.39, 0.29) is 11.6 Å². The monoisotopic (exact) mass is 215 g/mol. The summed E-state index contributed by atoms with van der Waals surface area (Å²) in [6.45, 7) is 1.14. The van der Waals surface area contributed by atoms with E-state index >= 15 is 0 Å². The molecule has 0 amide bonds. The molecule has 0 aliphatic carbocycles. The molecule has 84 valence electrons. The minimum Gasteiger partial charge on any atom is -0.378 e. The van der Waals surface area contributed by atoms with E-state index in [2.05, 4.69) is 4.74 Å². The van der Waals surface area contributed by atoms with E-state index < -0.39 is 12.5 Å². The number of benzene rings is 1. The van der Waals surface area contributed by atoms with Crippen molar-refractivity contribution in [1.29, 1.82) is 0 Å². The van der Waals surface area contributed by atoms with Gasteiger partial charge in [0.1, 0.15) is 6.61 Å². The number of alkyl halides is 2. The van der Waals surface area contributed by atoms with Crippen LogP contribution < -0.4 is 5.73 Å². The summed E-state index contributed by atoms with van der Waals surface area (Å²) in [5, 5.41) is 0. The number of halogens is 2. The van der Waals surface area contributed by atoms with Crippen molar-refractivity contribution in [3.05, 3.63) is 35.4 Å². The average Bonchev–Trinajstić information content (AvgIpc) is 2.18. The van der Waals surface area contributed by atoms with Gasteiger partial charge in [0.15, 0.2) is 0 Å². The summed E-state index contributed by atoms with van der Waals surface area (Å²) in [7, 11) is 1.25. The molecule has 1 atom stereocenters. The topological polar surface area (TPSA) is 35.2 Å². The maximum atomic E-state index is 13.4. The van der Waals surface area contributed by atoms with Crippen molar-refractivity contribution in [3.63, 3.8) is 0 Å². The average molecular weight is 215 g/mol. The first kappa shape index (κ1) is 12.1. The van der Waals surface area contributed by atoms with Crippen LogP contribution in [0.1, 0.15) is 24.1 Å². The summed E-state index contributed by atoms with van der Waals surface area (Å²) >= 11 is 0. The number of hydrogen-bond acceptors (Lipinski definition) is 2. The fourth-order valence-corrected chi connectivity index (χ4v) is 1.31. The molecule has 0 aliphatic rings. The van der Waals surface area contributed by atoms with E-state index in [0.717, 1.165) is 0 Å². The summed E-state index contributed by atoms with van der Waals surface area (Å²) in [6.07, 6.45) is 0. The van der Waals surface area contributed by atoms with Crippen molar-refractivity contribution < 1.29 is 13.5 Å². The molecule has 0 aromatic heterocycles. The van der Waals surface area contributed by atoms with Crippen LogP contribution in [-0.2, 0) is 10.7 Å². The fourth-order valence-electron chi connectivity index (χ4n) is 1.31. The molecule has 0 saturated carbocycles. The Balaban J connectivity index is 2.99. The third-order valence-electron chi connectivity index (χ3n) is 2.16. The third-order valence-corrected chi connectivity index (χ3v) is 2.16. The number of ether oxygens (including phenoxy) is 1. The molecule has 1 rings (SSSR count). The molecule has 0 heterocycles. The van der Waals surface area contributed by atoms with Crippen LogP contribution in [0, 0.1) is 0 Å². The number of nitrogens with two attached hydrogens (primary N) is 1. The van der Waals surface area contributed by atoms with Crippen LogP contribution in [0.4, 0.5) is 8.78 Å². The molecular weight excluding hydrogens is 200 g/mol. The summed E-state index contributed by atoms with van der Waals surface area (Å²) in [6, 6.07) is 5.87. The second-order valence-corrected chi connectivity index (χ2v) is 3.55. The maximum absolute atomic E-state index is 13.4. The van der Waals surface area contributed by atoms with E-state index in [9.17, 15) is 8.78 Å². The zero-order valence-corrected chi connectivity index (χ0v) is 8.84. The molecule has 0 unspecified atom stereocenters. The van der Waals surface area contributed by atoms with Gasteiger partial charge >= 0.3 is 0 Å². The van der Waals surface area contributed by atoms with Gasteiger partial charge in [0.25, 0.3) is 5.92 Å². The Morgan fingerprint density at radius 2 is 2.13 bits per heavy atom. The Labute approximate surface area is 88.0 Å². The molecule has 0 spiro atoms. The molecule has 1 aromatic carbocycles. The van der Waals surface area contributed by atoms with Crippen molar-refractivity contribution in [3.8, 4) is 0 Å². The lowest BCUT2D eigenvalue weighted by molar-refractivity contribution is -0.0698. The van der Waals surface area contributed by atoms with Crippen molar-refractivity contribution in [2.75, 3.05) is 13.7 Å². The summed E-state index contributed by atoms with van der Waals surface area (Å²) in [5.74, 6) is -2.96. The molecule has 2 N–H and O–H groups in total. The van der Waals surface area contributed by atoms with Gasteiger partial charge in [0.2, 0.25) is 0 Å². The van der Waals surface area contributed by atoms with Crippen LogP contribution >= 0.6 is 0 Å². The van der Waals surface area contributed by atoms with Gasteiger partial charge in [0.05, 0.1) is 0 Å². The first-order chi connectivity index (χ1) is 6.97. The highest BCUT2D eigenvalue weighted by molar-refractivity contribution is 5.28. The predicted octanol–water partition coefficient (Wildman–Crippen LogP) is 2.44. The van der Waals surface area contributed by atoms with Gasteiger partial charge in [-0.1, -0.05) is 18.2 Å². The summed E-state index contributed by atoms with van der Waals surface area (Å²) in [5.41, 5.74) is 6.26. The lowest BCUT2D eigenvalue weighted by Gasteiger charge is -2.17. The molecule has 0 fully saturated rings. The molecule has 0 bridgehead atoms. The minimum atomic E-state index is -2.96. The smallest absolute Gasteiger partial charge is 0.296 e. The Morgan fingerprint density at radius 3 is 2.67 bits per heavy atom. The van der Waals surface area contributed by atoms with Crippen molar-refractivity contribution in [2.45, 2.75) is 18.9 Å². The summed E-state index contributed by atoms with van der Waals surface area (Å²) in [4.78, 5) is 0. The minimum absolute atomic E-state index is 0.0563. The first-order valence-electron chi connectivity index (χ1n) is 4.70. The summed E-state index contributed by atoms with van der Waals surface area (Å²) < 4.78 is 31.3. The SMILES string of the molecule is COCC(F)(F)c1cccc([C@@H](C)N)c1. The molecule has 4 heteroatoms. The normalized spacial score (nSPS) is 13.9. The fraction of sp³-hybridized carbons (Fsp3) is 0.455. The second kappa shape index (κ2) is 4.68. The van der Waals surface area contributed by atoms with Gasteiger partial charge in [-0.2, -0.15) is 8.78 Å². The van der Waals surface area contributed by atoms with Gasteiger partial charge < -0.3 is 10.5 Å². The third kappa shape index (κ3) is 2.97. The zero-order valence-electron chi connectivity index (χ0n) is 8.84. The maximum Gasteiger partial charge on any atom is 0.296 e. The van der Waals surface area contributed by atoms with Crippen molar-refractivity contribution in [1.82, 2.24) is 0 Å². The van der Waals surface area contributed by atoms with Crippen LogP contribution in [0.25, 0.3) is 0 Å². The Kier molecular flexibility index (Phi) is 3.77. The Morgan fingerprint density at radius 1 is 1.47 bits per heavy atom. The molecule has 0 radical (unpaired) electrons. The molecule has 0 saturated heterocycles. The lowest BCUT2D eigenvalue weighted by Crippen LogP contribution is -2.20. The van der Waals surface area contributed by atoms with Crippen molar-refractivity contribution in [2.24, 2.45) is 5.73 Å². The van der Waals surface area contributed by atoms with E-state index in [1.807, 2.05) is 0 Å². The van der Waals surface area contributed by atoms with Crippen LogP contribution in [0.2, 0.25) is 0 Å². The van der Waals surface area contributed by atoms with Gasteiger partial charge in [-0.25, -0.2) is 0 Å². The zero-order chi connectivity index (χ0) is 11.5. The van der Waals surface area contributed by atoms with Crippen LogP contribution in [0.15, 0.2) is 24.3 Å². The van der Waals surface area contributed by atoms with E-state index in [4.69, 9.17) is 5.73 Å². The first-order valence-corrected chi connectivity index (χ1v) is 4.70. The Bertz CT molecular complexity index is 326.